The van der Waals surface area contributed by atoms with Gasteiger partial charge in [0.1, 0.15) is 5.78 Å². The van der Waals surface area contributed by atoms with Crippen LogP contribution in [0.2, 0.25) is 0 Å². The van der Waals surface area contributed by atoms with Crippen LogP contribution in [-0.2, 0) is 11.2 Å². The van der Waals surface area contributed by atoms with Crippen LogP contribution in [-0.4, -0.2) is 10.8 Å². The molecule has 2 unspecified atom stereocenters. The van der Waals surface area contributed by atoms with Crippen molar-refractivity contribution in [1.82, 2.24) is 4.98 Å². The first-order valence-corrected chi connectivity index (χ1v) is 7.52. The molecule has 0 amide bonds. The number of carbonyl (C=O) groups is 1. The first-order valence-electron chi connectivity index (χ1n) is 6.64. The Hall–Kier alpha value is -0.700. The zero-order valence-corrected chi connectivity index (χ0v) is 11.6. The first-order chi connectivity index (χ1) is 8.20. The second-order valence-corrected chi connectivity index (χ2v) is 6.12. The molecule has 17 heavy (non-hydrogen) atoms. The van der Waals surface area contributed by atoms with Crippen molar-refractivity contribution in [2.75, 3.05) is 0 Å². The molecule has 1 aromatic rings. The van der Waals surface area contributed by atoms with Crippen LogP contribution >= 0.6 is 11.3 Å². The minimum atomic E-state index is 0.302. The highest BCUT2D eigenvalue weighted by Crippen LogP contribution is 2.33. The molecular weight excluding hydrogens is 230 g/mol. The van der Waals surface area contributed by atoms with Crippen molar-refractivity contribution in [1.29, 1.82) is 0 Å². The maximum atomic E-state index is 12.3. The van der Waals surface area contributed by atoms with E-state index >= 15 is 0 Å². The number of hydrogen-bond donors (Lipinski definition) is 0. The molecule has 0 bridgehead atoms. The average molecular weight is 251 g/mol. The number of aryl methyl sites for hydroxylation is 1. The van der Waals surface area contributed by atoms with Crippen LogP contribution < -0.4 is 0 Å². The molecule has 0 aromatic carbocycles. The quantitative estimate of drug-likeness (QED) is 0.815. The number of ketones is 1. The van der Waals surface area contributed by atoms with Crippen molar-refractivity contribution < 1.29 is 4.79 Å². The molecule has 0 N–H and O–H groups in total. The second-order valence-electron chi connectivity index (χ2n) is 5.06. The predicted molar refractivity (Wildman–Crippen MR) is 71.3 cm³/mol. The lowest BCUT2D eigenvalue weighted by Gasteiger charge is -2.29. The van der Waals surface area contributed by atoms with Gasteiger partial charge in [-0.25, -0.2) is 4.98 Å². The van der Waals surface area contributed by atoms with Gasteiger partial charge in [-0.2, -0.15) is 0 Å². The van der Waals surface area contributed by atoms with Gasteiger partial charge in [-0.1, -0.05) is 26.2 Å². The number of hydrogen-bond acceptors (Lipinski definition) is 3. The monoisotopic (exact) mass is 251 g/mol. The molecule has 2 nitrogen and oxygen atoms in total. The molecule has 1 aliphatic carbocycles. The van der Waals surface area contributed by atoms with Crippen molar-refractivity contribution in [2.45, 2.75) is 52.4 Å². The number of carbonyl (C=O) groups excluding carboxylic acids is 1. The Morgan fingerprint density at radius 1 is 1.47 bits per heavy atom. The van der Waals surface area contributed by atoms with Crippen LogP contribution in [0.5, 0.6) is 0 Å². The summed E-state index contributed by atoms with van der Waals surface area (Å²) >= 11 is 1.64. The Labute approximate surface area is 107 Å². The van der Waals surface area contributed by atoms with Crippen molar-refractivity contribution in [2.24, 2.45) is 11.8 Å². The van der Waals surface area contributed by atoms with E-state index in [1.54, 1.807) is 11.3 Å². The van der Waals surface area contributed by atoms with Crippen molar-refractivity contribution in [3.8, 4) is 0 Å². The smallest absolute Gasteiger partial charge is 0.142 e. The largest absolute Gasteiger partial charge is 0.299 e. The summed E-state index contributed by atoms with van der Waals surface area (Å²) in [6.07, 6.45) is 6.56. The highest BCUT2D eigenvalue weighted by molar-refractivity contribution is 7.09. The Morgan fingerprint density at radius 2 is 2.24 bits per heavy atom. The third-order valence-corrected chi connectivity index (χ3v) is 4.69. The molecule has 0 spiro atoms. The van der Waals surface area contributed by atoms with Crippen LogP contribution in [0.4, 0.5) is 0 Å². The Kier molecular flexibility index (Phi) is 4.32. The number of aromatic nitrogens is 1. The van der Waals surface area contributed by atoms with Crippen molar-refractivity contribution >= 4 is 17.1 Å². The lowest BCUT2D eigenvalue weighted by molar-refractivity contribution is -0.125. The Bertz CT molecular complexity index is 385. The van der Waals surface area contributed by atoms with Gasteiger partial charge < -0.3 is 0 Å². The number of rotatable bonds is 4. The van der Waals surface area contributed by atoms with Gasteiger partial charge in [0, 0.05) is 17.7 Å². The zero-order valence-electron chi connectivity index (χ0n) is 10.7. The Morgan fingerprint density at radius 3 is 2.88 bits per heavy atom. The number of thiazole rings is 1. The summed E-state index contributed by atoms with van der Waals surface area (Å²) in [5.74, 6) is 1.34. The summed E-state index contributed by atoms with van der Waals surface area (Å²) in [6, 6.07) is 0. The van der Waals surface area contributed by atoms with Gasteiger partial charge in [0.25, 0.3) is 0 Å². The predicted octanol–water partition coefficient (Wildman–Crippen LogP) is 3.78. The highest BCUT2D eigenvalue weighted by atomic mass is 32.1. The van der Waals surface area contributed by atoms with E-state index in [1.807, 2.05) is 12.3 Å². The number of Topliss-reactive ketones (excluding diaryl/α,β-unsaturated/α-hetero) is 1. The van der Waals surface area contributed by atoms with Crippen LogP contribution in [0, 0.1) is 18.8 Å². The normalized spacial score (nSPS) is 24.8. The standard InChI is InChI=1S/C14H21NOS/c1-3-11-6-4-5-7-13(11)14(16)8-12-9-17-10(2)15-12/h9,11,13H,3-8H2,1-2H3. The van der Waals surface area contributed by atoms with Crippen LogP contribution in [0.25, 0.3) is 0 Å². The zero-order chi connectivity index (χ0) is 12.3. The average Bonchev–Trinajstić information content (AvgIpc) is 2.74. The fourth-order valence-corrected chi connectivity index (χ4v) is 3.53. The summed E-state index contributed by atoms with van der Waals surface area (Å²) in [5, 5.41) is 3.08. The molecule has 1 aliphatic rings. The van der Waals surface area contributed by atoms with Crippen LogP contribution in [0.15, 0.2) is 5.38 Å². The van der Waals surface area contributed by atoms with E-state index in [4.69, 9.17) is 0 Å². The van der Waals surface area contributed by atoms with Gasteiger partial charge in [0.15, 0.2) is 0 Å². The molecule has 1 heterocycles. The molecule has 0 saturated heterocycles. The van der Waals surface area contributed by atoms with E-state index in [2.05, 4.69) is 11.9 Å². The van der Waals surface area contributed by atoms with E-state index in [0.717, 1.165) is 23.5 Å². The topological polar surface area (TPSA) is 30.0 Å². The molecule has 1 aromatic heterocycles. The fraction of sp³-hybridized carbons (Fsp3) is 0.714. The van der Waals surface area contributed by atoms with E-state index in [9.17, 15) is 4.79 Å². The summed E-state index contributed by atoms with van der Waals surface area (Å²) < 4.78 is 0. The molecule has 1 fully saturated rings. The summed E-state index contributed by atoms with van der Waals surface area (Å²) in [4.78, 5) is 16.7. The van der Waals surface area contributed by atoms with E-state index < -0.39 is 0 Å². The van der Waals surface area contributed by atoms with Gasteiger partial charge in [-0.15, -0.1) is 11.3 Å². The molecule has 2 rings (SSSR count). The van der Waals surface area contributed by atoms with Crippen LogP contribution in [0.1, 0.15) is 49.7 Å². The van der Waals surface area contributed by atoms with Gasteiger partial charge in [0.2, 0.25) is 0 Å². The maximum absolute atomic E-state index is 12.3. The third-order valence-electron chi connectivity index (χ3n) is 3.87. The van der Waals surface area contributed by atoms with Gasteiger partial charge in [-0.05, 0) is 25.7 Å². The summed E-state index contributed by atoms with van der Waals surface area (Å²) in [6.45, 7) is 4.21. The highest BCUT2D eigenvalue weighted by Gasteiger charge is 2.29. The SMILES string of the molecule is CCC1CCCCC1C(=O)Cc1csc(C)n1. The van der Waals surface area contributed by atoms with E-state index in [1.165, 1.54) is 19.3 Å². The second kappa shape index (κ2) is 5.76. The van der Waals surface area contributed by atoms with Crippen molar-refractivity contribution in [3.05, 3.63) is 16.1 Å². The summed E-state index contributed by atoms with van der Waals surface area (Å²) in [7, 11) is 0. The van der Waals surface area contributed by atoms with E-state index in [-0.39, 0.29) is 0 Å². The van der Waals surface area contributed by atoms with Gasteiger partial charge >= 0.3 is 0 Å². The molecule has 3 heteroatoms. The molecule has 2 atom stereocenters. The molecular formula is C14H21NOS. The number of nitrogens with zero attached hydrogens (tertiary/aromatic N) is 1. The van der Waals surface area contributed by atoms with Gasteiger partial charge in [-0.3, -0.25) is 4.79 Å². The van der Waals surface area contributed by atoms with Crippen molar-refractivity contribution in [3.63, 3.8) is 0 Å². The lowest BCUT2D eigenvalue weighted by atomic mass is 9.75. The molecule has 94 valence electrons. The minimum absolute atomic E-state index is 0.302. The lowest BCUT2D eigenvalue weighted by Crippen LogP contribution is -2.28. The fourth-order valence-electron chi connectivity index (χ4n) is 2.92. The minimum Gasteiger partial charge on any atom is -0.299 e. The maximum Gasteiger partial charge on any atom is 0.142 e. The molecule has 0 aliphatic heterocycles. The summed E-state index contributed by atoms with van der Waals surface area (Å²) in [5.41, 5.74) is 0.970. The first kappa shape index (κ1) is 12.7. The van der Waals surface area contributed by atoms with Crippen LogP contribution in [0.3, 0.4) is 0 Å². The third kappa shape index (κ3) is 3.15. The van der Waals surface area contributed by atoms with Gasteiger partial charge in [0.05, 0.1) is 10.7 Å². The molecule has 0 radical (unpaired) electrons. The molecule has 1 saturated carbocycles. The Balaban J connectivity index is 1.98. The van der Waals surface area contributed by atoms with E-state index in [0.29, 0.717) is 24.0 Å².